The lowest BCUT2D eigenvalue weighted by Gasteiger charge is -2.60. The average Bonchev–Trinajstić information content (AvgIpc) is 2.80. The van der Waals surface area contributed by atoms with Crippen molar-refractivity contribution in [1.29, 1.82) is 0 Å². The number of aliphatic carboxylic acids is 1. The summed E-state index contributed by atoms with van der Waals surface area (Å²) in [5, 5.41) is 9.40. The minimum atomic E-state index is -0.748. The van der Waals surface area contributed by atoms with Crippen LogP contribution in [0.5, 0.6) is 0 Å². The minimum Gasteiger partial charge on any atom is -0.481 e. The molecule has 4 heteroatoms. The number of allylic oxidation sites excluding steroid dienone is 2. The molecule has 0 aliphatic heterocycles. The predicted molar refractivity (Wildman–Crippen MR) is 114 cm³/mol. The summed E-state index contributed by atoms with van der Waals surface area (Å²) in [5.41, 5.74) is 2.71. The number of carbonyl (C=O) groups excluding carboxylic acids is 1. The number of carbonyl (C=O) groups is 2. The SMILES string of the molecule is C=C(C)[C@H]1CC[C@]23CC(=C)[C@H](CC[C@H]2[C@]1(C)CCC(=O)O)[C@H]3OC(=O)/C(C)=C\C. The highest BCUT2D eigenvalue weighted by Gasteiger charge is 2.66. The van der Waals surface area contributed by atoms with Gasteiger partial charge in [-0.1, -0.05) is 37.3 Å². The lowest BCUT2D eigenvalue weighted by Crippen LogP contribution is -2.57. The molecule has 4 nitrogen and oxygen atoms in total. The van der Waals surface area contributed by atoms with Crippen LogP contribution in [-0.4, -0.2) is 23.1 Å². The van der Waals surface area contributed by atoms with Crippen molar-refractivity contribution in [2.45, 2.75) is 78.7 Å². The van der Waals surface area contributed by atoms with E-state index in [9.17, 15) is 14.7 Å². The highest BCUT2D eigenvalue weighted by molar-refractivity contribution is 5.87. The Labute approximate surface area is 175 Å². The van der Waals surface area contributed by atoms with Gasteiger partial charge in [-0.25, -0.2) is 4.79 Å². The fourth-order valence-electron chi connectivity index (χ4n) is 7.02. The Bertz CT molecular complexity index is 763. The zero-order valence-corrected chi connectivity index (χ0v) is 18.4. The lowest BCUT2D eigenvalue weighted by atomic mass is 9.45. The molecule has 3 saturated carbocycles. The average molecular weight is 401 g/mol. The van der Waals surface area contributed by atoms with Gasteiger partial charge in [0.05, 0.1) is 0 Å². The molecule has 0 aromatic carbocycles. The van der Waals surface area contributed by atoms with Gasteiger partial charge in [-0.05, 0) is 76.5 Å². The Morgan fingerprint density at radius 3 is 2.55 bits per heavy atom. The second kappa shape index (κ2) is 7.77. The second-order valence-electron chi connectivity index (χ2n) is 9.94. The maximum Gasteiger partial charge on any atom is 0.333 e. The normalized spacial score (nSPS) is 39.0. The highest BCUT2D eigenvalue weighted by Crippen LogP contribution is 2.69. The third kappa shape index (κ3) is 3.49. The number of ether oxygens (including phenoxy) is 1. The largest absolute Gasteiger partial charge is 0.481 e. The minimum absolute atomic E-state index is 0.122. The molecule has 29 heavy (non-hydrogen) atoms. The summed E-state index contributed by atoms with van der Waals surface area (Å²) in [6.07, 6.45) is 7.30. The van der Waals surface area contributed by atoms with Crippen LogP contribution in [0.25, 0.3) is 0 Å². The number of hydrogen-bond acceptors (Lipinski definition) is 3. The maximum atomic E-state index is 12.7. The van der Waals surface area contributed by atoms with Crippen molar-refractivity contribution in [3.05, 3.63) is 36.0 Å². The number of carboxylic acid groups (broad SMARTS) is 1. The van der Waals surface area contributed by atoms with E-state index in [-0.39, 0.29) is 35.2 Å². The summed E-state index contributed by atoms with van der Waals surface area (Å²) in [4.78, 5) is 24.1. The second-order valence-corrected chi connectivity index (χ2v) is 9.94. The van der Waals surface area contributed by atoms with Crippen molar-refractivity contribution in [2.75, 3.05) is 0 Å². The first kappa shape index (κ1) is 21.9. The number of esters is 1. The molecule has 3 aliphatic rings. The molecule has 3 rings (SSSR count). The van der Waals surface area contributed by atoms with Crippen LogP contribution in [0.15, 0.2) is 36.0 Å². The molecule has 6 atom stereocenters. The molecule has 0 unspecified atom stereocenters. The van der Waals surface area contributed by atoms with Gasteiger partial charge in [0.1, 0.15) is 6.10 Å². The van der Waals surface area contributed by atoms with E-state index in [0.717, 1.165) is 37.7 Å². The fraction of sp³-hybridized carbons (Fsp3) is 0.680. The molecular weight excluding hydrogens is 364 g/mol. The number of rotatable bonds is 6. The van der Waals surface area contributed by atoms with Crippen molar-refractivity contribution in [1.82, 2.24) is 0 Å². The summed E-state index contributed by atoms with van der Waals surface area (Å²) in [5.74, 6) is -0.139. The predicted octanol–water partition coefficient (Wildman–Crippen LogP) is 5.69. The zero-order valence-electron chi connectivity index (χ0n) is 18.4. The number of fused-ring (bicyclic) bond motifs is 1. The van der Waals surface area contributed by atoms with Gasteiger partial charge in [0.25, 0.3) is 0 Å². The Morgan fingerprint density at radius 2 is 1.97 bits per heavy atom. The molecule has 3 aliphatic carbocycles. The topological polar surface area (TPSA) is 63.6 Å². The molecular formula is C25H36O4. The molecule has 0 saturated heterocycles. The van der Waals surface area contributed by atoms with Crippen molar-refractivity contribution in [2.24, 2.45) is 28.6 Å². The third-order valence-electron chi connectivity index (χ3n) is 8.42. The maximum absolute atomic E-state index is 12.7. The van der Waals surface area contributed by atoms with E-state index in [1.165, 1.54) is 5.57 Å². The van der Waals surface area contributed by atoms with Gasteiger partial charge in [0.15, 0.2) is 0 Å². The van der Waals surface area contributed by atoms with E-state index >= 15 is 0 Å². The molecule has 0 amide bonds. The van der Waals surface area contributed by atoms with E-state index in [4.69, 9.17) is 4.74 Å². The lowest BCUT2D eigenvalue weighted by molar-refractivity contribution is -0.179. The Morgan fingerprint density at radius 1 is 1.28 bits per heavy atom. The molecule has 0 radical (unpaired) electrons. The van der Waals surface area contributed by atoms with E-state index < -0.39 is 5.97 Å². The first-order valence-electron chi connectivity index (χ1n) is 11.0. The molecule has 0 aromatic heterocycles. The zero-order chi connectivity index (χ0) is 21.6. The summed E-state index contributed by atoms with van der Waals surface area (Å²) >= 11 is 0. The highest BCUT2D eigenvalue weighted by atomic mass is 16.5. The van der Waals surface area contributed by atoms with Gasteiger partial charge < -0.3 is 9.84 Å². The standard InChI is InChI=1S/C25H36O4/c1-7-16(4)23(28)29-22-18-8-9-20-24(6,12-11-21(26)27)19(15(2)3)10-13-25(20,22)14-17(18)5/h7,18-20,22H,2,5,8-14H2,1,3-4,6H3,(H,26,27)/b16-7-/t18-,19+,20-,22+,24+,25-/m0/s1. The van der Waals surface area contributed by atoms with Crippen LogP contribution in [0.4, 0.5) is 0 Å². The van der Waals surface area contributed by atoms with Gasteiger partial charge in [0.2, 0.25) is 0 Å². The molecule has 2 bridgehead atoms. The first-order valence-corrected chi connectivity index (χ1v) is 11.0. The van der Waals surface area contributed by atoms with E-state index in [2.05, 4.69) is 27.0 Å². The van der Waals surface area contributed by atoms with Gasteiger partial charge in [-0.2, -0.15) is 0 Å². The summed E-state index contributed by atoms with van der Waals surface area (Å²) in [6.45, 7) is 16.6. The monoisotopic (exact) mass is 400 g/mol. The smallest absolute Gasteiger partial charge is 0.333 e. The summed E-state index contributed by atoms with van der Waals surface area (Å²) in [6, 6.07) is 0. The quantitative estimate of drug-likeness (QED) is 0.353. The van der Waals surface area contributed by atoms with Crippen LogP contribution in [0.1, 0.15) is 72.6 Å². The van der Waals surface area contributed by atoms with Crippen LogP contribution in [0.3, 0.4) is 0 Å². The van der Waals surface area contributed by atoms with E-state index in [0.29, 0.717) is 23.8 Å². The van der Waals surface area contributed by atoms with Crippen LogP contribution in [0, 0.1) is 28.6 Å². The molecule has 3 fully saturated rings. The van der Waals surface area contributed by atoms with Gasteiger partial charge in [-0.3, -0.25) is 4.79 Å². The fourth-order valence-corrected chi connectivity index (χ4v) is 7.02. The van der Waals surface area contributed by atoms with Gasteiger partial charge >= 0.3 is 11.9 Å². The van der Waals surface area contributed by atoms with E-state index in [1.54, 1.807) is 13.0 Å². The Hall–Kier alpha value is -1.84. The Kier molecular flexibility index (Phi) is 5.86. The van der Waals surface area contributed by atoms with Crippen molar-refractivity contribution in [3.63, 3.8) is 0 Å². The molecule has 0 heterocycles. The Balaban J connectivity index is 2.01. The molecule has 0 aromatic rings. The van der Waals surface area contributed by atoms with E-state index in [1.807, 2.05) is 6.92 Å². The van der Waals surface area contributed by atoms with Crippen LogP contribution < -0.4 is 0 Å². The van der Waals surface area contributed by atoms with Crippen LogP contribution in [-0.2, 0) is 14.3 Å². The summed E-state index contributed by atoms with van der Waals surface area (Å²) in [7, 11) is 0. The van der Waals surface area contributed by atoms with Crippen molar-refractivity contribution in [3.8, 4) is 0 Å². The third-order valence-corrected chi connectivity index (χ3v) is 8.42. The first-order chi connectivity index (χ1) is 13.6. The van der Waals surface area contributed by atoms with Crippen molar-refractivity contribution < 1.29 is 19.4 Å². The number of carboxylic acids is 1. The van der Waals surface area contributed by atoms with Crippen LogP contribution in [0.2, 0.25) is 0 Å². The van der Waals surface area contributed by atoms with Gasteiger partial charge in [0, 0.05) is 23.3 Å². The number of hydrogen-bond donors (Lipinski definition) is 1. The van der Waals surface area contributed by atoms with Crippen molar-refractivity contribution >= 4 is 11.9 Å². The molecule has 1 spiro atoms. The van der Waals surface area contributed by atoms with Gasteiger partial charge in [-0.15, -0.1) is 0 Å². The molecule has 1 N–H and O–H groups in total. The van der Waals surface area contributed by atoms with Crippen LogP contribution >= 0.6 is 0 Å². The summed E-state index contributed by atoms with van der Waals surface area (Å²) < 4.78 is 6.17. The molecule has 160 valence electrons.